The molecule has 0 spiro atoms. The van der Waals surface area contributed by atoms with Crippen LogP contribution in [0.15, 0.2) is 59.6 Å². The molecule has 0 bridgehead atoms. The van der Waals surface area contributed by atoms with Crippen LogP contribution in [-0.4, -0.2) is 15.8 Å². The van der Waals surface area contributed by atoms with Gasteiger partial charge in [-0.15, -0.1) is 11.8 Å². The molecule has 2 N–H and O–H groups in total. The molecule has 0 saturated heterocycles. The van der Waals surface area contributed by atoms with Gasteiger partial charge in [-0.1, -0.05) is 54.2 Å². The minimum absolute atomic E-state index is 0.717. The minimum atomic E-state index is 0.717. The Kier molecular flexibility index (Phi) is 4.48. The maximum absolute atomic E-state index is 5.87. The van der Waals surface area contributed by atoms with Crippen molar-refractivity contribution in [2.75, 3.05) is 5.88 Å². The molecule has 0 radical (unpaired) electrons. The summed E-state index contributed by atoms with van der Waals surface area (Å²) in [4.78, 5) is 5.22. The Labute approximate surface area is 137 Å². The topological polar surface area (TPSA) is 27.8 Å². The fourth-order valence-corrected chi connectivity index (χ4v) is 3.32. The van der Waals surface area contributed by atoms with Gasteiger partial charge in [-0.05, 0) is 18.2 Å². The fourth-order valence-electron chi connectivity index (χ4n) is 2.05. The van der Waals surface area contributed by atoms with Crippen LogP contribution < -0.4 is 5.32 Å². The predicted molar refractivity (Wildman–Crippen MR) is 95.3 cm³/mol. The van der Waals surface area contributed by atoms with E-state index < -0.39 is 0 Å². The first-order valence-corrected chi connectivity index (χ1v) is 8.24. The summed E-state index contributed by atoms with van der Waals surface area (Å²) in [7, 11) is 0. The van der Waals surface area contributed by atoms with E-state index in [0.717, 1.165) is 27.0 Å². The Morgan fingerprint density at radius 3 is 2.71 bits per heavy atom. The predicted octanol–water partition coefficient (Wildman–Crippen LogP) is 4.84. The third-order valence-corrected chi connectivity index (χ3v) is 4.69. The van der Waals surface area contributed by atoms with E-state index >= 15 is 0 Å². The second-order valence-electron chi connectivity index (χ2n) is 4.50. The molecule has 5 heteroatoms. The number of H-pyrrole nitrogens is 1. The number of aromatic amines is 1. The summed E-state index contributed by atoms with van der Waals surface area (Å²) < 4.78 is 0. The fraction of sp³-hybridized carbons (Fsp3) is 0.0625. The maximum atomic E-state index is 5.87. The van der Waals surface area contributed by atoms with E-state index in [9.17, 15) is 0 Å². The molecule has 3 aromatic rings. The Balaban J connectivity index is 1.61. The van der Waals surface area contributed by atoms with Crippen molar-refractivity contribution in [2.45, 2.75) is 4.90 Å². The lowest BCUT2D eigenvalue weighted by atomic mass is 10.2. The molecule has 0 unspecified atom stereocenters. The van der Waals surface area contributed by atoms with Gasteiger partial charge >= 0.3 is 0 Å². The van der Waals surface area contributed by atoms with Crippen LogP contribution in [0.25, 0.3) is 10.9 Å². The minimum Gasteiger partial charge on any atom is -0.366 e. The van der Waals surface area contributed by atoms with Gasteiger partial charge in [0.15, 0.2) is 0 Å². The van der Waals surface area contributed by atoms with E-state index in [1.54, 1.807) is 11.8 Å². The molecule has 106 valence electrons. The van der Waals surface area contributed by atoms with Crippen LogP contribution in [0.1, 0.15) is 5.56 Å². The van der Waals surface area contributed by atoms with Gasteiger partial charge in [0.05, 0.1) is 5.88 Å². The van der Waals surface area contributed by atoms with Crippen molar-refractivity contribution in [3.8, 4) is 0 Å². The molecule has 3 rings (SSSR count). The van der Waals surface area contributed by atoms with Crippen LogP contribution in [-0.2, 0) is 0 Å². The molecule has 0 saturated carbocycles. The lowest BCUT2D eigenvalue weighted by Gasteiger charge is -2.07. The van der Waals surface area contributed by atoms with Gasteiger partial charge in [0.1, 0.15) is 4.99 Å². The van der Waals surface area contributed by atoms with E-state index in [1.165, 1.54) is 10.3 Å². The first kappa shape index (κ1) is 14.4. The van der Waals surface area contributed by atoms with Crippen LogP contribution in [0.3, 0.4) is 0 Å². The normalized spacial score (nSPS) is 10.7. The highest BCUT2D eigenvalue weighted by Crippen LogP contribution is 2.26. The van der Waals surface area contributed by atoms with Gasteiger partial charge in [0, 0.05) is 32.6 Å². The van der Waals surface area contributed by atoms with E-state index in [-0.39, 0.29) is 0 Å². The number of thiocarbonyl (C=S) groups is 1. The highest BCUT2D eigenvalue weighted by atomic mass is 35.5. The molecule has 0 aliphatic rings. The molecule has 21 heavy (non-hydrogen) atoms. The average Bonchev–Trinajstić information content (AvgIpc) is 2.91. The molecule has 2 aromatic carbocycles. The number of hydrogen-bond donors (Lipinski definition) is 2. The first-order chi connectivity index (χ1) is 10.2. The van der Waals surface area contributed by atoms with Crippen molar-refractivity contribution < 1.29 is 0 Å². The maximum Gasteiger partial charge on any atom is 0.107 e. The number of halogens is 1. The second-order valence-corrected chi connectivity index (χ2v) is 6.36. The van der Waals surface area contributed by atoms with E-state index in [0.29, 0.717) is 0 Å². The zero-order valence-corrected chi connectivity index (χ0v) is 13.5. The average molecular weight is 333 g/mol. The highest BCUT2D eigenvalue weighted by molar-refractivity contribution is 7.99. The van der Waals surface area contributed by atoms with Gasteiger partial charge < -0.3 is 10.3 Å². The van der Waals surface area contributed by atoms with Crippen molar-refractivity contribution in [3.05, 3.63) is 65.3 Å². The first-order valence-electron chi connectivity index (χ1n) is 6.47. The highest BCUT2D eigenvalue weighted by Gasteiger charge is 2.04. The lowest BCUT2D eigenvalue weighted by molar-refractivity contribution is 1.15. The van der Waals surface area contributed by atoms with E-state index in [4.69, 9.17) is 23.8 Å². The van der Waals surface area contributed by atoms with E-state index in [1.807, 2.05) is 42.6 Å². The largest absolute Gasteiger partial charge is 0.366 e. The third kappa shape index (κ3) is 3.40. The molecular formula is C16H13ClN2S2. The van der Waals surface area contributed by atoms with Crippen molar-refractivity contribution in [3.63, 3.8) is 0 Å². The zero-order chi connectivity index (χ0) is 14.7. The molecule has 0 aliphatic carbocycles. The molecule has 1 aromatic heterocycles. The Morgan fingerprint density at radius 1 is 1.14 bits per heavy atom. The molecule has 0 atom stereocenters. The molecular weight excluding hydrogens is 320 g/mol. The van der Waals surface area contributed by atoms with Gasteiger partial charge in [-0.2, -0.15) is 0 Å². The zero-order valence-electron chi connectivity index (χ0n) is 11.1. The lowest BCUT2D eigenvalue weighted by Crippen LogP contribution is -2.21. The van der Waals surface area contributed by atoms with Gasteiger partial charge in [-0.3, -0.25) is 0 Å². The quantitative estimate of drug-likeness (QED) is 0.407. The molecule has 2 nitrogen and oxygen atoms in total. The third-order valence-electron chi connectivity index (χ3n) is 3.12. The standard InChI is InChI=1S/C16H13ClN2S2/c17-12-7-5-11(6-8-12)16(20)19-10-21-15-9-18-14-4-2-1-3-13(14)15/h1-9,18H,10H2,(H,19,20). The number of nitrogens with one attached hydrogen (secondary N) is 2. The molecule has 1 heterocycles. The summed E-state index contributed by atoms with van der Waals surface area (Å²) in [6.07, 6.45) is 2.03. The molecule has 0 amide bonds. The number of aromatic nitrogens is 1. The van der Waals surface area contributed by atoms with Crippen molar-refractivity contribution >= 4 is 51.5 Å². The summed E-state index contributed by atoms with van der Waals surface area (Å²) in [6, 6.07) is 15.8. The van der Waals surface area contributed by atoms with Gasteiger partial charge in [0.2, 0.25) is 0 Å². The van der Waals surface area contributed by atoms with Crippen molar-refractivity contribution in [1.82, 2.24) is 10.3 Å². The van der Waals surface area contributed by atoms with Crippen LogP contribution in [0.5, 0.6) is 0 Å². The summed E-state index contributed by atoms with van der Waals surface area (Å²) in [5.74, 6) is 0.726. The van der Waals surface area contributed by atoms with Gasteiger partial charge in [-0.25, -0.2) is 0 Å². The second kappa shape index (κ2) is 6.52. The van der Waals surface area contributed by atoms with Gasteiger partial charge in [0.25, 0.3) is 0 Å². The number of hydrogen-bond acceptors (Lipinski definition) is 2. The van der Waals surface area contributed by atoms with Crippen LogP contribution in [0.4, 0.5) is 0 Å². The van der Waals surface area contributed by atoms with Crippen LogP contribution >= 0.6 is 35.6 Å². The van der Waals surface area contributed by atoms with Crippen LogP contribution in [0.2, 0.25) is 5.02 Å². The number of thioether (sulfide) groups is 1. The van der Waals surface area contributed by atoms with Crippen LogP contribution in [0, 0.1) is 0 Å². The molecule has 0 aliphatic heterocycles. The summed E-state index contributed by atoms with van der Waals surface area (Å²) in [5.41, 5.74) is 2.13. The van der Waals surface area contributed by atoms with E-state index in [2.05, 4.69) is 22.4 Å². The summed E-state index contributed by atoms with van der Waals surface area (Å²) >= 11 is 13.0. The summed E-state index contributed by atoms with van der Waals surface area (Å²) in [5, 5.41) is 5.21. The number of fused-ring (bicyclic) bond motifs is 1. The number of benzene rings is 2. The van der Waals surface area contributed by atoms with Crippen molar-refractivity contribution in [1.29, 1.82) is 0 Å². The Morgan fingerprint density at radius 2 is 1.90 bits per heavy atom. The Bertz CT molecular complexity index is 765. The Hall–Kier alpha value is -1.49. The number of para-hydroxylation sites is 1. The summed E-state index contributed by atoms with van der Waals surface area (Å²) in [6.45, 7) is 0. The molecule has 0 fully saturated rings. The number of rotatable bonds is 4. The van der Waals surface area contributed by atoms with Crippen molar-refractivity contribution in [2.24, 2.45) is 0 Å². The SMILES string of the molecule is S=C(NCSc1c[nH]c2ccccc12)c1ccc(Cl)cc1. The smallest absolute Gasteiger partial charge is 0.107 e. The monoisotopic (exact) mass is 332 g/mol.